The molecule has 1 atom stereocenters. The zero-order chi connectivity index (χ0) is 13.5. The molecule has 0 amide bonds. The van der Waals surface area contributed by atoms with Crippen molar-refractivity contribution in [2.45, 2.75) is 25.5 Å². The fraction of sp³-hybridized carbons (Fsp3) is 0.467. The number of rotatable bonds is 3. The van der Waals surface area contributed by atoms with Gasteiger partial charge in [-0.25, -0.2) is 4.39 Å². The molecule has 0 bridgehead atoms. The molecule has 1 N–H and O–H groups in total. The maximum atomic E-state index is 13.8. The van der Waals surface area contributed by atoms with Gasteiger partial charge < -0.3 is 9.67 Å². The molecule has 0 spiro atoms. The molecule has 1 fully saturated rings. The Balaban J connectivity index is 1.73. The minimum atomic E-state index is -0.565. The van der Waals surface area contributed by atoms with E-state index in [1.165, 1.54) is 6.07 Å². The summed E-state index contributed by atoms with van der Waals surface area (Å²) in [6.07, 6.45) is 2.75. The molecule has 1 aliphatic heterocycles. The highest BCUT2D eigenvalue weighted by Crippen LogP contribution is 2.22. The Morgan fingerprint density at radius 3 is 2.89 bits per heavy atom. The van der Waals surface area contributed by atoms with Gasteiger partial charge in [-0.3, -0.25) is 4.90 Å². The van der Waals surface area contributed by atoms with E-state index in [0.717, 1.165) is 31.4 Å². The van der Waals surface area contributed by atoms with Crippen LogP contribution in [-0.4, -0.2) is 39.8 Å². The van der Waals surface area contributed by atoms with Gasteiger partial charge in [-0.05, 0) is 25.5 Å². The second-order valence-electron chi connectivity index (χ2n) is 5.71. The second kappa shape index (κ2) is 4.62. The molecular formula is C15H19FN2O. The molecule has 1 aromatic carbocycles. The summed E-state index contributed by atoms with van der Waals surface area (Å²) in [6, 6.07) is 7.10. The van der Waals surface area contributed by atoms with Gasteiger partial charge in [0.2, 0.25) is 0 Å². The van der Waals surface area contributed by atoms with Crippen molar-refractivity contribution in [3.05, 3.63) is 36.3 Å². The van der Waals surface area contributed by atoms with E-state index in [1.807, 2.05) is 29.8 Å². The molecule has 19 heavy (non-hydrogen) atoms. The van der Waals surface area contributed by atoms with Crippen LogP contribution in [0.2, 0.25) is 0 Å². The van der Waals surface area contributed by atoms with Gasteiger partial charge in [-0.1, -0.05) is 12.1 Å². The Hall–Kier alpha value is -1.39. The maximum Gasteiger partial charge on any atom is 0.147 e. The zero-order valence-corrected chi connectivity index (χ0v) is 11.1. The van der Waals surface area contributed by atoms with Crippen LogP contribution in [0.15, 0.2) is 30.5 Å². The normalized spacial score (nSPS) is 24.4. The zero-order valence-electron chi connectivity index (χ0n) is 11.1. The Morgan fingerprint density at radius 1 is 1.32 bits per heavy atom. The van der Waals surface area contributed by atoms with Gasteiger partial charge in [0.25, 0.3) is 0 Å². The van der Waals surface area contributed by atoms with Gasteiger partial charge in [-0.2, -0.15) is 0 Å². The van der Waals surface area contributed by atoms with Crippen molar-refractivity contribution in [3.8, 4) is 0 Å². The summed E-state index contributed by atoms with van der Waals surface area (Å²) in [5, 5.41) is 10.9. The van der Waals surface area contributed by atoms with Crippen LogP contribution in [0.5, 0.6) is 0 Å². The Morgan fingerprint density at radius 2 is 2.16 bits per heavy atom. The SMILES string of the molecule is CC1(O)CCN(CCn2ccc3cccc(F)c32)C1. The van der Waals surface area contributed by atoms with Crippen LogP contribution in [-0.2, 0) is 6.54 Å². The molecule has 102 valence electrons. The van der Waals surface area contributed by atoms with Crippen molar-refractivity contribution in [1.82, 2.24) is 9.47 Å². The topological polar surface area (TPSA) is 28.4 Å². The van der Waals surface area contributed by atoms with Crippen molar-refractivity contribution < 1.29 is 9.50 Å². The molecule has 4 heteroatoms. The fourth-order valence-electron chi connectivity index (χ4n) is 2.88. The number of aliphatic hydroxyl groups is 1. The minimum Gasteiger partial charge on any atom is -0.389 e. The predicted molar refractivity (Wildman–Crippen MR) is 73.6 cm³/mol. The first-order chi connectivity index (χ1) is 9.05. The molecule has 0 aliphatic carbocycles. The number of β-amino-alcohol motifs (C(OH)–C–C–N with tert-alkyl or cyclic N) is 1. The second-order valence-corrected chi connectivity index (χ2v) is 5.71. The van der Waals surface area contributed by atoms with E-state index in [9.17, 15) is 9.50 Å². The lowest BCUT2D eigenvalue weighted by molar-refractivity contribution is 0.0684. The fourth-order valence-corrected chi connectivity index (χ4v) is 2.88. The van der Waals surface area contributed by atoms with Gasteiger partial charge in [-0.15, -0.1) is 0 Å². The number of benzene rings is 1. The van der Waals surface area contributed by atoms with Crippen LogP contribution in [0, 0.1) is 5.82 Å². The predicted octanol–water partition coefficient (Wildman–Crippen LogP) is 2.24. The first-order valence-electron chi connectivity index (χ1n) is 6.73. The minimum absolute atomic E-state index is 0.170. The third-order valence-corrected chi connectivity index (χ3v) is 3.93. The van der Waals surface area contributed by atoms with Crippen LogP contribution in [0.25, 0.3) is 10.9 Å². The number of para-hydroxylation sites is 1. The molecule has 2 aromatic rings. The summed E-state index contributed by atoms with van der Waals surface area (Å²) < 4.78 is 15.8. The van der Waals surface area contributed by atoms with E-state index in [1.54, 1.807) is 6.07 Å². The standard InChI is InChI=1S/C15H19FN2O/c1-15(19)6-8-17(11-15)9-10-18-7-5-12-3-2-4-13(16)14(12)18/h2-5,7,19H,6,8-11H2,1H3. The van der Waals surface area contributed by atoms with Crippen molar-refractivity contribution >= 4 is 10.9 Å². The van der Waals surface area contributed by atoms with Crippen LogP contribution in [0.4, 0.5) is 4.39 Å². The summed E-state index contributed by atoms with van der Waals surface area (Å²) in [7, 11) is 0. The quantitative estimate of drug-likeness (QED) is 0.919. The molecule has 1 saturated heterocycles. The van der Waals surface area contributed by atoms with Crippen LogP contribution < -0.4 is 0 Å². The van der Waals surface area contributed by atoms with E-state index in [0.29, 0.717) is 12.1 Å². The molecule has 1 unspecified atom stereocenters. The van der Waals surface area contributed by atoms with Gasteiger partial charge in [0.1, 0.15) is 5.82 Å². The van der Waals surface area contributed by atoms with Gasteiger partial charge in [0, 0.05) is 37.8 Å². The third kappa shape index (κ3) is 2.51. The van der Waals surface area contributed by atoms with Gasteiger partial charge in [0.05, 0.1) is 11.1 Å². The van der Waals surface area contributed by atoms with Gasteiger partial charge in [0.15, 0.2) is 0 Å². The maximum absolute atomic E-state index is 13.8. The van der Waals surface area contributed by atoms with E-state index < -0.39 is 5.60 Å². The van der Waals surface area contributed by atoms with Gasteiger partial charge >= 0.3 is 0 Å². The van der Waals surface area contributed by atoms with Crippen LogP contribution in [0.1, 0.15) is 13.3 Å². The van der Waals surface area contributed by atoms with E-state index in [2.05, 4.69) is 4.90 Å². The lowest BCUT2D eigenvalue weighted by Gasteiger charge is -2.19. The Labute approximate surface area is 112 Å². The summed E-state index contributed by atoms with van der Waals surface area (Å²) in [5.74, 6) is -0.170. The van der Waals surface area contributed by atoms with E-state index in [4.69, 9.17) is 0 Å². The number of hydrogen-bond donors (Lipinski definition) is 1. The lowest BCUT2D eigenvalue weighted by atomic mass is 10.1. The Kier molecular flexibility index (Phi) is 3.07. The highest BCUT2D eigenvalue weighted by atomic mass is 19.1. The lowest BCUT2D eigenvalue weighted by Crippen LogP contribution is -2.31. The number of aromatic nitrogens is 1. The number of halogens is 1. The molecule has 0 saturated carbocycles. The summed E-state index contributed by atoms with van der Waals surface area (Å²) in [6.45, 7) is 5.08. The first kappa shape index (κ1) is 12.6. The number of fused-ring (bicyclic) bond motifs is 1. The van der Waals surface area contributed by atoms with Crippen LogP contribution in [0.3, 0.4) is 0 Å². The Bertz CT molecular complexity index is 591. The summed E-state index contributed by atoms with van der Waals surface area (Å²) in [5.41, 5.74) is 0.109. The summed E-state index contributed by atoms with van der Waals surface area (Å²) >= 11 is 0. The highest BCUT2D eigenvalue weighted by molar-refractivity contribution is 5.80. The number of hydrogen-bond acceptors (Lipinski definition) is 2. The molecule has 1 aliphatic rings. The number of nitrogens with zero attached hydrogens (tertiary/aromatic N) is 2. The van der Waals surface area contributed by atoms with Crippen molar-refractivity contribution in [3.63, 3.8) is 0 Å². The smallest absolute Gasteiger partial charge is 0.147 e. The largest absolute Gasteiger partial charge is 0.389 e. The first-order valence-corrected chi connectivity index (χ1v) is 6.73. The van der Waals surface area contributed by atoms with Crippen molar-refractivity contribution in [2.75, 3.05) is 19.6 Å². The third-order valence-electron chi connectivity index (χ3n) is 3.93. The molecule has 3 rings (SSSR count). The summed E-state index contributed by atoms with van der Waals surface area (Å²) in [4.78, 5) is 2.23. The van der Waals surface area contributed by atoms with E-state index >= 15 is 0 Å². The average molecular weight is 262 g/mol. The number of likely N-dealkylation sites (tertiary alicyclic amines) is 1. The average Bonchev–Trinajstić information content (AvgIpc) is 2.91. The molecule has 2 heterocycles. The van der Waals surface area contributed by atoms with Crippen molar-refractivity contribution in [1.29, 1.82) is 0 Å². The monoisotopic (exact) mass is 262 g/mol. The van der Waals surface area contributed by atoms with Crippen LogP contribution >= 0.6 is 0 Å². The molecular weight excluding hydrogens is 243 g/mol. The van der Waals surface area contributed by atoms with E-state index in [-0.39, 0.29) is 5.82 Å². The highest BCUT2D eigenvalue weighted by Gasteiger charge is 2.30. The molecule has 0 radical (unpaired) electrons. The van der Waals surface area contributed by atoms with Crippen molar-refractivity contribution in [2.24, 2.45) is 0 Å². The molecule has 3 nitrogen and oxygen atoms in total. The molecule has 1 aromatic heterocycles.